The molecule has 0 fully saturated rings. The monoisotopic (exact) mass is 432 g/mol. The first-order chi connectivity index (χ1) is 14.7. The zero-order valence-electron chi connectivity index (χ0n) is 17.9. The number of aryl methyl sites for hydroxylation is 1. The number of halogens is 3. The number of hydrogen-bond donors (Lipinski definition) is 2. The minimum absolute atomic E-state index is 0.145. The highest BCUT2D eigenvalue weighted by Crippen LogP contribution is 2.32. The first kappa shape index (κ1) is 22.8. The van der Waals surface area contributed by atoms with Crippen LogP contribution in [0.15, 0.2) is 36.4 Å². The van der Waals surface area contributed by atoms with Crippen molar-refractivity contribution in [1.82, 2.24) is 20.2 Å². The van der Waals surface area contributed by atoms with Crippen molar-refractivity contribution in [2.45, 2.75) is 33.4 Å². The highest BCUT2D eigenvalue weighted by Gasteiger charge is 2.30. The molecule has 0 spiro atoms. The van der Waals surface area contributed by atoms with E-state index in [9.17, 15) is 18.0 Å². The number of H-pyrrole nitrogens is 1. The van der Waals surface area contributed by atoms with Gasteiger partial charge in [-0.25, -0.2) is 4.98 Å². The van der Waals surface area contributed by atoms with Gasteiger partial charge in [0.1, 0.15) is 5.82 Å². The summed E-state index contributed by atoms with van der Waals surface area (Å²) in [4.78, 5) is 22.1. The van der Waals surface area contributed by atoms with Crippen LogP contribution in [-0.4, -0.2) is 47.0 Å². The molecule has 0 atom stereocenters. The van der Waals surface area contributed by atoms with Crippen LogP contribution in [0.4, 0.5) is 13.2 Å². The van der Waals surface area contributed by atoms with Crippen molar-refractivity contribution < 1.29 is 18.0 Å². The van der Waals surface area contributed by atoms with Gasteiger partial charge in [0.2, 0.25) is 0 Å². The standard InChI is InChI=1S/C23H27F3N4O/c1-4-30(5-2)12-6-11-27-22(31)16-7-9-18(15(3)13-16)21-28-19-10-8-17(23(24,25)26)14-20(19)29-21/h7-10,13-14H,4-6,11-12H2,1-3H3,(H,27,31)(H,28,29). The average Bonchev–Trinajstić information content (AvgIpc) is 3.16. The smallest absolute Gasteiger partial charge is 0.352 e. The van der Waals surface area contributed by atoms with Gasteiger partial charge in [-0.1, -0.05) is 19.9 Å². The molecule has 0 aliphatic heterocycles. The third-order valence-electron chi connectivity index (χ3n) is 5.38. The van der Waals surface area contributed by atoms with Gasteiger partial charge < -0.3 is 15.2 Å². The minimum atomic E-state index is -4.41. The number of amides is 1. The SMILES string of the molecule is CCN(CC)CCCNC(=O)c1ccc(-c2nc3ccc(C(F)(F)F)cc3[nH]2)c(C)c1. The number of hydrogen-bond acceptors (Lipinski definition) is 3. The van der Waals surface area contributed by atoms with Gasteiger partial charge in [0.05, 0.1) is 16.6 Å². The van der Waals surface area contributed by atoms with Crippen LogP contribution in [0.2, 0.25) is 0 Å². The predicted octanol–water partition coefficient (Wildman–Crippen LogP) is 5.02. The van der Waals surface area contributed by atoms with Gasteiger partial charge in [0, 0.05) is 17.7 Å². The quantitative estimate of drug-likeness (QED) is 0.492. The van der Waals surface area contributed by atoms with Gasteiger partial charge in [-0.2, -0.15) is 13.2 Å². The molecule has 0 unspecified atom stereocenters. The van der Waals surface area contributed by atoms with E-state index in [0.717, 1.165) is 49.3 Å². The zero-order chi connectivity index (χ0) is 22.6. The van der Waals surface area contributed by atoms with E-state index in [4.69, 9.17) is 0 Å². The normalized spacial score (nSPS) is 12.0. The molecular formula is C23H27F3N4O. The van der Waals surface area contributed by atoms with Gasteiger partial charge >= 0.3 is 6.18 Å². The molecule has 1 amide bonds. The second kappa shape index (κ2) is 9.51. The van der Waals surface area contributed by atoms with E-state index in [1.807, 2.05) is 6.92 Å². The molecule has 8 heteroatoms. The van der Waals surface area contributed by atoms with Crippen molar-refractivity contribution in [3.63, 3.8) is 0 Å². The van der Waals surface area contributed by atoms with Crippen LogP contribution in [0.1, 0.15) is 41.8 Å². The first-order valence-corrected chi connectivity index (χ1v) is 10.4. The third kappa shape index (κ3) is 5.44. The van der Waals surface area contributed by atoms with Crippen molar-refractivity contribution >= 4 is 16.9 Å². The molecule has 1 heterocycles. The summed E-state index contributed by atoms with van der Waals surface area (Å²) >= 11 is 0. The molecule has 1 aromatic heterocycles. The Kier molecular flexibility index (Phi) is 7.00. The van der Waals surface area contributed by atoms with Crippen molar-refractivity contribution in [2.24, 2.45) is 0 Å². The molecular weight excluding hydrogens is 405 g/mol. The summed E-state index contributed by atoms with van der Waals surface area (Å²) in [5.74, 6) is 0.326. The maximum absolute atomic E-state index is 12.9. The van der Waals surface area contributed by atoms with E-state index in [1.54, 1.807) is 18.2 Å². The van der Waals surface area contributed by atoms with Crippen molar-refractivity contribution in [3.05, 3.63) is 53.1 Å². The number of carbonyl (C=O) groups is 1. The highest BCUT2D eigenvalue weighted by atomic mass is 19.4. The molecule has 3 aromatic rings. The van der Waals surface area contributed by atoms with E-state index in [0.29, 0.717) is 29.0 Å². The molecule has 5 nitrogen and oxygen atoms in total. The lowest BCUT2D eigenvalue weighted by molar-refractivity contribution is -0.137. The summed E-state index contributed by atoms with van der Waals surface area (Å²) in [5.41, 5.74) is 2.14. The van der Waals surface area contributed by atoms with Crippen LogP contribution in [0.5, 0.6) is 0 Å². The fourth-order valence-corrected chi connectivity index (χ4v) is 3.53. The van der Waals surface area contributed by atoms with E-state index in [-0.39, 0.29) is 5.91 Å². The molecule has 0 saturated heterocycles. The summed E-state index contributed by atoms with van der Waals surface area (Å²) in [6.45, 7) is 9.59. The van der Waals surface area contributed by atoms with Gasteiger partial charge in [-0.15, -0.1) is 0 Å². The van der Waals surface area contributed by atoms with E-state index < -0.39 is 11.7 Å². The number of nitrogens with zero attached hydrogens (tertiary/aromatic N) is 2. The Balaban J connectivity index is 1.71. The van der Waals surface area contributed by atoms with Crippen LogP contribution < -0.4 is 5.32 Å². The Hall–Kier alpha value is -2.87. The molecule has 0 aliphatic carbocycles. The lowest BCUT2D eigenvalue weighted by Gasteiger charge is -2.17. The minimum Gasteiger partial charge on any atom is -0.352 e. The molecule has 2 aromatic carbocycles. The lowest BCUT2D eigenvalue weighted by atomic mass is 10.0. The summed E-state index contributed by atoms with van der Waals surface area (Å²) < 4.78 is 38.8. The van der Waals surface area contributed by atoms with Gasteiger partial charge in [-0.3, -0.25) is 4.79 Å². The molecule has 3 rings (SSSR count). The fraction of sp³-hybridized carbons (Fsp3) is 0.391. The molecule has 0 bridgehead atoms. The number of imidazole rings is 1. The fourth-order valence-electron chi connectivity index (χ4n) is 3.53. The second-order valence-electron chi connectivity index (χ2n) is 7.48. The first-order valence-electron chi connectivity index (χ1n) is 10.4. The maximum atomic E-state index is 12.9. The molecule has 0 aliphatic rings. The summed E-state index contributed by atoms with van der Waals surface area (Å²) in [5, 5.41) is 2.94. The number of carbonyl (C=O) groups excluding carboxylic acids is 1. The van der Waals surface area contributed by atoms with E-state index in [1.165, 1.54) is 6.07 Å². The topological polar surface area (TPSA) is 61.0 Å². The highest BCUT2D eigenvalue weighted by molar-refractivity contribution is 5.95. The van der Waals surface area contributed by atoms with Gasteiger partial charge in [0.25, 0.3) is 5.91 Å². The number of fused-ring (bicyclic) bond motifs is 1. The second-order valence-corrected chi connectivity index (χ2v) is 7.48. The van der Waals surface area contributed by atoms with E-state index in [2.05, 4.69) is 34.0 Å². The Morgan fingerprint density at radius 3 is 2.52 bits per heavy atom. The van der Waals surface area contributed by atoms with Crippen LogP contribution >= 0.6 is 0 Å². The average molecular weight is 432 g/mol. The largest absolute Gasteiger partial charge is 0.416 e. The Morgan fingerprint density at radius 1 is 1.13 bits per heavy atom. The summed E-state index contributed by atoms with van der Waals surface area (Å²) in [7, 11) is 0. The van der Waals surface area contributed by atoms with Gasteiger partial charge in [-0.05, 0) is 68.9 Å². The molecule has 166 valence electrons. The Morgan fingerprint density at radius 2 is 1.87 bits per heavy atom. The van der Waals surface area contributed by atoms with Crippen LogP contribution in [-0.2, 0) is 6.18 Å². The number of aromatic amines is 1. The molecule has 0 saturated carbocycles. The molecule has 2 N–H and O–H groups in total. The Bertz CT molecular complexity index is 1050. The number of aromatic nitrogens is 2. The third-order valence-corrected chi connectivity index (χ3v) is 5.38. The summed E-state index contributed by atoms with van der Waals surface area (Å²) in [6.07, 6.45) is -3.53. The van der Waals surface area contributed by atoms with Crippen molar-refractivity contribution in [3.8, 4) is 11.4 Å². The van der Waals surface area contributed by atoms with Gasteiger partial charge in [0.15, 0.2) is 0 Å². The van der Waals surface area contributed by atoms with Crippen molar-refractivity contribution in [1.29, 1.82) is 0 Å². The molecule has 0 radical (unpaired) electrons. The maximum Gasteiger partial charge on any atom is 0.416 e. The number of rotatable bonds is 8. The van der Waals surface area contributed by atoms with E-state index >= 15 is 0 Å². The number of nitrogens with one attached hydrogen (secondary N) is 2. The predicted molar refractivity (Wildman–Crippen MR) is 116 cm³/mol. The summed E-state index contributed by atoms with van der Waals surface area (Å²) in [6, 6.07) is 8.67. The molecule has 31 heavy (non-hydrogen) atoms. The zero-order valence-corrected chi connectivity index (χ0v) is 17.9. The van der Waals surface area contributed by atoms with Crippen molar-refractivity contribution in [2.75, 3.05) is 26.2 Å². The van der Waals surface area contributed by atoms with Crippen LogP contribution in [0.3, 0.4) is 0 Å². The Labute approximate surface area is 179 Å². The van der Waals surface area contributed by atoms with Crippen LogP contribution in [0, 0.1) is 6.92 Å². The number of benzene rings is 2. The lowest BCUT2D eigenvalue weighted by Crippen LogP contribution is -2.29. The number of alkyl halides is 3. The van der Waals surface area contributed by atoms with Crippen LogP contribution in [0.25, 0.3) is 22.4 Å².